The molecule has 2 rings (SSSR count). The van der Waals surface area contributed by atoms with Crippen molar-refractivity contribution in [1.82, 2.24) is 0 Å². The molecule has 6 heteroatoms. The number of hydrogen-bond donors (Lipinski definition) is 2. The highest BCUT2D eigenvalue weighted by Gasteiger charge is 2.11. The fourth-order valence-corrected chi connectivity index (χ4v) is 2.42. The lowest BCUT2D eigenvalue weighted by atomic mass is 10.1. The fourth-order valence-electron chi connectivity index (χ4n) is 1.91. The van der Waals surface area contributed by atoms with Crippen molar-refractivity contribution in [2.45, 2.75) is 18.7 Å². The Morgan fingerprint density at radius 3 is 2.24 bits per heavy atom. The molecule has 0 aliphatic rings. The zero-order valence-electron chi connectivity index (χ0n) is 11.8. The van der Waals surface area contributed by atoms with Crippen molar-refractivity contribution in [1.29, 1.82) is 0 Å². The molecule has 0 aliphatic heterocycles. The van der Waals surface area contributed by atoms with Gasteiger partial charge in [0.05, 0.1) is 4.90 Å². The molecule has 0 unspecified atom stereocenters. The van der Waals surface area contributed by atoms with Gasteiger partial charge in [0.15, 0.2) is 0 Å². The predicted octanol–water partition coefficient (Wildman–Crippen LogP) is 2.20. The van der Waals surface area contributed by atoms with Crippen LogP contribution in [0, 0.1) is 13.8 Å². The quantitative estimate of drug-likeness (QED) is 0.911. The highest BCUT2D eigenvalue weighted by atomic mass is 32.2. The van der Waals surface area contributed by atoms with Gasteiger partial charge in [0.2, 0.25) is 10.0 Å². The Bertz CT molecular complexity index is 781. The number of nitrogens with two attached hydrogens (primary N) is 1. The first-order valence-corrected chi connectivity index (χ1v) is 7.83. The molecule has 0 bridgehead atoms. The van der Waals surface area contributed by atoms with E-state index in [4.69, 9.17) is 5.14 Å². The smallest absolute Gasteiger partial charge is 0.255 e. The lowest BCUT2D eigenvalue weighted by Crippen LogP contribution is -2.14. The molecular formula is C15H16N2O3S. The summed E-state index contributed by atoms with van der Waals surface area (Å²) in [4.78, 5) is 12.2. The third kappa shape index (κ3) is 3.68. The maximum absolute atomic E-state index is 12.2. The summed E-state index contributed by atoms with van der Waals surface area (Å²) in [6, 6.07) is 11.3. The van der Waals surface area contributed by atoms with Crippen LogP contribution >= 0.6 is 0 Å². The second-order valence-electron chi connectivity index (χ2n) is 4.84. The molecule has 0 atom stereocenters. The van der Waals surface area contributed by atoms with Gasteiger partial charge in [-0.05, 0) is 49.7 Å². The van der Waals surface area contributed by atoms with E-state index in [1.807, 2.05) is 32.0 Å². The summed E-state index contributed by atoms with van der Waals surface area (Å²) < 4.78 is 22.3. The molecule has 2 aromatic rings. The molecule has 110 valence electrons. The Kier molecular flexibility index (Phi) is 4.11. The minimum absolute atomic E-state index is 0.00670. The lowest BCUT2D eigenvalue weighted by molar-refractivity contribution is 0.102. The number of benzene rings is 2. The third-order valence-electron chi connectivity index (χ3n) is 3.08. The van der Waals surface area contributed by atoms with E-state index in [0.717, 1.165) is 11.1 Å². The van der Waals surface area contributed by atoms with Crippen LogP contribution in [0.2, 0.25) is 0 Å². The Balaban J connectivity index is 2.22. The molecule has 0 fully saturated rings. The second-order valence-corrected chi connectivity index (χ2v) is 6.40. The molecule has 0 spiro atoms. The van der Waals surface area contributed by atoms with E-state index in [1.165, 1.54) is 24.3 Å². The first kappa shape index (κ1) is 15.2. The van der Waals surface area contributed by atoms with Crippen molar-refractivity contribution in [3.05, 3.63) is 59.2 Å². The number of anilines is 1. The molecule has 0 saturated carbocycles. The number of sulfonamides is 1. The number of carbonyl (C=O) groups is 1. The number of primary sulfonamides is 1. The van der Waals surface area contributed by atoms with Crippen molar-refractivity contribution in [2.75, 3.05) is 5.32 Å². The van der Waals surface area contributed by atoms with Crippen LogP contribution in [0.15, 0.2) is 47.4 Å². The average molecular weight is 304 g/mol. The van der Waals surface area contributed by atoms with Crippen LogP contribution in [-0.4, -0.2) is 14.3 Å². The largest absolute Gasteiger partial charge is 0.322 e. The predicted molar refractivity (Wildman–Crippen MR) is 81.7 cm³/mol. The minimum Gasteiger partial charge on any atom is -0.322 e. The number of carbonyl (C=O) groups excluding carboxylic acids is 1. The summed E-state index contributed by atoms with van der Waals surface area (Å²) in [6.07, 6.45) is 0. The van der Waals surface area contributed by atoms with Gasteiger partial charge >= 0.3 is 0 Å². The SMILES string of the molecule is Cc1ccc(C)c(C(=O)Nc2ccc(S(N)(=O)=O)cc2)c1. The molecule has 3 N–H and O–H groups in total. The van der Waals surface area contributed by atoms with Gasteiger partial charge in [-0.2, -0.15) is 0 Å². The van der Waals surface area contributed by atoms with E-state index in [-0.39, 0.29) is 10.8 Å². The summed E-state index contributed by atoms with van der Waals surface area (Å²) in [5.41, 5.74) is 2.97. The fraction of sp³-hybridized carbons (Fsp3) is 0.133. The van der Waals surface area contributed by atoms with Gasteiger partial charge in [-0.15, -0.1) is 0 Å². The number of aryl methyl sites for hydroxylation is 2. The van der Waals surface area contributed by atoms with Crippen LogP contribution in [0.4, 0.5) is 5.69 Å². The first-order chi connectivity index (χ1) is 9.77. The van der Waals surface area contributed by atoms with Crippen LogP contribution in [0.25, 0.3) is 0 Å². The summed E-state index contributed by atoms with van der Waals surface area (Å²) >= 11 is 0. The topological polar surface area (TPSA) is 89.3 Å². The monoisotopic (exact) mass is 304 g/mol. The van der Waals surface area contributed by atoms with Crippen LogP contribution < -0.4 is 10.5 Å². The molecule has 0 saturated heterocycles. The van der Waals surface area contributed by atoms with Crippen molar-refractivity contribution < 1.29 is 13.2 Å². The lowest BCUT2D eigenvalue weighted by Gasteiger charge is -2.09. The van der Waals surface area contributed by atoms with E-state index < -0.39 is 10.0 Å². The molecule has 0 aliphatic carbocycles. The number of rotatable bonds is 3. The van der Waals surface area contributed by atoms with Gasteiger partial charge in [-0.25, -0.2) is 13.6 Å². The number of hydrogen-bond acceptors (Lipinski definition) is 3. The van der Waals surface area contributed by atoms with Crippen molar-refractivity contribution in [3.8, 4) is 0 Å². The highest BCUT2D eigenvalue weighted by Crippen LogP contribution is 2.16. The molecule has 2 aromatic carbocycles. The number of nitrogens with one attached hydrogen (secondary N) is 1. The normalized spacial score (nSPS) is 11.2. The van der Waals surface area contributed by atoms with Gasteiger partial charge < -0.3 is 5.32 Å². The van der Waals surface area contributed by atoms with Crippen molar-refractivity contribution in [3.63, 3.8) is 0 Å². The maximum Gasteiger partial charge on any atom is 0.255 e. The van der Waals surface area contributed by atoms with E-state index in [2.05, 4.69) is 5.32 Å². The van der Waals surface area contributed by atoms with Crippen LogP contribution in [0.3, 0.4) is 0 Å². The summed E-state index contributed by atoms with van der Waals surface area (Å²) in [6.45, 7) is 3.77. The third-order valence-corrected chi connectivity index (χ3v) is 4.01. The van der Waals surface area contributed by atoms with E-state index in [9.17, 15) is 13.2 Å². The summed E-state index contributed by atoms with van der Waals surface area (Å²) in [7, 11) is -3.73. The van der Waals surface area contributed by atoms with Crippen LogP contribution in [0.1, 0.15) is 21.5 Å². The van der Waals surface area contributed by atoms with Crippen molar-refractivity contribution >= 4 is 21.6 Å². The maximum atomic E-state index is 12.2. The van der Waals surface area contributed by atoms with E-state index in [0.29, 0.717) is 11.3 Å². The first-order valence-electron chi connectivity index (χ1n) is 6.29. The summed E-state index contributed by atoms with van der Waals surface area (Å²) in [5.74, 6) is -0.237. The van der Waals surface area contributed by atoms with Crippen LogP contribution in [-0.2, 0) is 10.0 Å². The highest BCUT2D eigenvalue weighted by molar-refractivity contribution is 7.89. The Morgan fingerprint density at radius 1 is 1.05 bits per heavy atom. The average Bonchev–Trinajstić information content (AvgIpc) is 2.41. The zero-order valence-corrected chi connectivity index (χ0v) is 12.6. The van der Waals surface area contributed by atoms with Gasteiger partial charge in [-0.3, -0.25) is 4.79 Å². The molecule has 0 heterocycles. The van der Waals surface area contributed by atoms with Gasteiger partial charge in [-0.1, -0.05) is 17.7 Å². The molecule has 5 nitrogen and oxygen atoms in total. The number of amides is 1. The standard InChI is InChI=1S/C15H16N2O3S/c1-10-3-4-11(2)14(9-10)15(18)17-12-5-7-13(8-6-12)21(16,19)20/h3-9H,1-2H3,(H,17,18)(H2,16,19,20). The Hall–Kier alpha value is -2.18. The molecular weight excluding hydrogens is 288 g/mol. The van der Waals surface area contributed by atoms with Gasteiger partial charge in [0, 0.05) is 11.3 Å². The Morgan fingerprint density at radius 2 is 1.67 bits per heavy atom. The van der Waals surface area contributed by atoms with E-state index in [1.54, 1.807) is 0 Å². The second kappa shape index (κ2) is 5.67. The molecule has 21 heavy (non-hydrogen) atoms. The Labute approximate surface area is 123 Å². The zero-order chi connectivity index (χ0) is 15.6. The van der Waals surface area contributed by atoms with Gasteiger partial charge in [0.1, 0.15) is 0 Å². The summed E-state index contributed by atoms with van der Waals surface area (Å²) in [5, 5.41) is 7.75. The van der Waals surface area contributed by atoms with Gasteiger partial charge in [0.25, 0.3) is 5.91 Å². The molecule has 0 aromatic heterocycles. The molecule has 0 radical (unpaired) electrons. The molecule has 1 amide bonds. The van der Waals surface area contributed by atoms with Crippen molar-refractivity contribution in [2.24, 2.45) is 5.14 Å². The van der Waals surface area contributed by atoms with Crippen LogP contribution in [0.5, 0.6) is 0 Å². The van der Waals surface area contributed by atoms with E-state index >= 15 is 0 Å². The minimum atomic E-state index is -3.73.